The van der Waals surface area contributed by atoms with Crippen molar-refractivity contribution in [1.29, 1.82) is 0 Å². The minimum absolute atomic E-state index is 0.265. The molecular weight excluding hydrogens is 399 g/mol. The Hall–Kier alpha value is -2.83. The van der Waals surface area contributed by atoms with Crippen molar-refractivity contribution < 1.29 is 9.47 Å². The second-order valence-corrected chi connectivity index (χ2v) is 6.88. The van der Waals surface area contributed by atoms with E-state index < -0.39 is 0 Å². The van der Waals surface area contributed by atoms with Crippen LogP contribution in [0.1, 0.15) is 11.4 Å². The predicted molar refractivity (Wildman–Crippen MR) is 108 cm³/mol. The van der Waals surface area contributed by atoms with Crippen LogP contribution in [0.2, 0.25) is 10.0 Å². The van der Waals surface area contributed by atoms with Crippen LogP contribution < -0.4 is 9.47 Å². The van der Waals surface area contributed by atoms with Crippen LogP contribution in [-0.2, 0) is 13.2 Å². The van der Waals surface area contributed by atoms with Gasteiger partial charge in [0, 0.05) is 22.3 Å². The Balaban J connectivity index is 1.65. The molecule has 0 aliphatic rings. The van der Waals surface area contributed by atoms with Crippen molar-refractivity contribution in [2.24, 2.45) is 0 Å². The van der Waals surface area contributed by atoms with E-state index in [4.69, 9.17) is 32.7 Å². The molecule has 0 bridgehead atoms. The van der Waals surface area contributed by atoms with Gasteiger partial charge in [-0.1, -0.05) is 23.2 Å². The molecule has 0 spiro atoms. The molecular formula is C20H16Cl2N4O2. The molecule has 0 unspecified atom stereocenters. The molecule has 0 amide bonds. The van der Waals surface area contributed by atoms with E-state index in [0.29, 0.717) is 28.2 Å². The van der Waals surface area contributed by atoms with Gasteiger partial charge in [-0.05, 0) is 35.9 Å². The van der Waals surface area contributed by atoms with Gasteiger partial charge in [-0.2, -0.15) is 0 Å². The second kappa shape index (κ2) is 8.04. The molecule has 0 atom stereocenters. The Morgan fingerprint density at radius 3 is 2.75 bits per heavy atom. The molecule has 0 saturated carbocycles. The summed E-state index contributed by atoms with van der Waals surface area (Å²) in [7, 11) is 1.57. The Labute approximate surface area is 171 Å². The molecule has 28 heavy (non-hydrogen) atoms. The maximum absolute atomic E-state index is 6.36. The summed E-state index contributed by atoms with van der Waals surface area (Å²) in [6.45, 7) is 0.766. The number of ether oxygens (including phenoxy) is 2. The molecule has 0 saturated heterocycles. The van der Waals surface area contributed by atoms with Crippen LogP contribution in [0.4, 0.5) is 0 Å². The van der Waals surface area contributed by atoms with Crippen LogP contribution >= 0.6 is 23.2 Å². The summed E-state index contributed by atoms with van der Waals surface area (Å²) in [5.41, 5.74) is 2.62. The summed E-state index contributed by atoms with van der Waals surface area (Å²) >= 11 is 12.5. The SMILES string of the molecule is COc1ccc(OCc2nc3ccncc3n2Cc2cc(Cl)ccc2Cl)cn1. The number of methoxy groups -OCH3 is 1. The summed E-state index contributed by atoms with van der Waals surface area (Å²) in [6, 6.07) is 10.8. The van der Waals surface area contributed by atoms with Crippen molar-refractivity contribution in [3.05, 3.63) is 76.4 Å². The van der Waals surface area contributed by atoms with Gasteiger partial charge in [0.1, 0.15) is 18.2 Å². The zero-order valence-electron chi connectivity index (χ0n) is 15.0. The van der Waals surface area contributed by atoms with Crippen LogP contribution in [0.3, 0.4) is 0 Å². The van der Waals surface area contributed by atoms with E-state index in [1.165, 1.54) is 0 Å². The summed E-state index contributed by atoms with van der Waals surface area (Å²) in [5.74, 6) is 1.90. The fraction of sp³-hybridized carbons (Fsp3) is 0.150. The van der Waals surface area contributed by atoms with E-state index in [0.717, 1.165) is 22.4 Å². The van der Waals surface area contributed by atoms with Crippen molar-refractivity contribution in [2.75, 3.05) is 7.11 Å². The van der Waals surface area contributed by atoms with Crippen LogP contribution in [0.25, 0.3) is 11.0 Å². The maximum atomic E-state index is 6.36. The average Bonchev–Trinajstić information content (AvgIpc) is 3.07. The number of nitrogens with zero attached hydrogens (tertiary/aromatic N) is 4. The first-order valence-electron chi connectivity index (χ1n) is 8.50. The number of hydrogen-bond donors (Lipinski definition) is 0. The highest BCUT2D eigenvalue weighted by molar-refractivity contribution is 6.33. The highest BCUT2D eigenvalue weighted by Crippen LogP contribution is 2.25. The van der Waals surface area contributed by atoms with E-state index in [9.17, 15) is 0 Å². The van der Waals surface area contributed by atoms with E-state index in [-0.39, 0.29) is 6.61 Å². The molecule has 0 aliphatic heterocycles. The van der Waals surface area contributed by atoms with Gasteiger partial charge in [0.15, 0.2) is 0 Å². The first kappa shape index (κ1) is 18.5. The lowest BCUT2D eigenvalue weighted by Crippen LogP contribution is -2.09. The molecule has 8 heteroatoms. The lowest BCUT2D eigenvalue weighted by atomic mass is 10.2. The minimum atomic E-state index is 0.265. The largest absolute Gasteiger partial charge is 0.484 e. The lowest BCUT2D eigenvalue weighted by Gasteiger charge is -2.12. The lowest BCUT2D eigenvalue weighted by molar-refractivity contribution is 0.289. The van der Waals surface area contributed by atoms with Gasteiger partial charge in [-0.25, -0.2) is 9.97 Å². The molecule has 3 heterocycles. The summed E-state index contributed by atoms with van der Waals surface area (Å²) in [5, 5.41) is 1.27. The Morgan fingerprint density at radius 2 is 1.96 bits per heavy atom. The molecule has 142 valence electrons. The van der Waals surface area contributed by atoms with Crippen LogP contribution in [0.15, 0.2) is 55.0 Å². The minimum Gasteiger partial charge on any atom is -0.484 e. The quantitative estimate of drug-likeness (QED) is 0.454. The van der Waals surface area contributed by atoms with E-state index >= 15 is 0 Å². The van der Waals surface area contributed by atoms with Gasteiger partial charge < -0.3 is 14.0 Å². The van der Waals surface area contributed by atoms with Gasteiger partial charge in [0.2, 0.25) is 5.88 Å². The molecule has 0 radical (unpaired) electrons. The number of halogens is 2. The van der Waals surface area contributed by atoms with Crippen LogP contribution in [0.5, 0.6) is 11.6 Å². The zero-order valence-corrected chi connectivity index (χ0v) is 16.5. The third-order valence-electron chi connectivity index (χ3n) is 4.25. The number of pyridine rings is 2. The van der Waals surface area contributed by atoms with Crippen LogP contribution in [0, 0.1) is 0 Å². The van der Waals surface area contributed by atoms with Crippen molar-refractivity contribution in [3.63, 3.8) is 0 Å². The number of imidazole rings is 1. The molecule has 4 rings (SSSR count). The topological polar surface area (TPSA) is 62.1 Å². The number of hydrogen-bond acceptors (Lipinski definition) is 5. The summed E-state index contributed by atoms with van der Waals surface area (Å²) < 4.78 is 13.0. The molecule has 0 fully saturated rings. The third-order valence-corrected chi connectivity index (χ3v) is 4.86. The highest BCUT2D eigenvalue weighted by Gasteiger charge is 2.14. The Bertz CT molecular complexity index is 1110. The summed E-state index contributed by atoms with van der Waals surface area (Å²) in [4.78, 5) is 13.1. The average molecular weight is 415 g/mol. The Morgan fingerprint density at radius 1 is 1.07 bits per heavy atom. The van der Waals surface area contributed by atoms with Crippen molar-refractivity contribution in [1.82, 2.24) is 19.5 Å². The predicted octanol–water partition coefficient (Wildman–Crippen LogP) is 4.77. The monoisotopic (exact) mass is 414 g/mol. The van der Waals surface area contributed by atoms with E-state index in [2.05, 4.69) is 15.0 Å². The number of rotatable bonds is 6. The fourth-order valence-electron chi connectivity index (χ4n) is 2.86. The number of benzene rings is 1. The van der Waals surface area contributed by atoms with Gasteiger partial charge >= 0.3 is 0 Å². The number of fused-ring (bicyclic) bond motifs is 1. The van der Waals surface area contributed by atoms with Gasteiger partial charge in [-0.15, -0.1) is 0 Å². The van der Waals surface area contributed by atoms with Gasteiger partial charge in [0.25, 0.3) is 0 Å². The van der Waals surface area contributed by atoms with Gasteiger partial charge in [0.05, 0.1) is 37.1 Å². The Kier molecular flexibility index (Phi) is 5.32. The van der Waals surface area contributed by atoms with E-state index in [1.54, 1.807) is 50.0 Å². The highest BCUT2D eigenvalue weighted by atomic mass is 35.5. The first-order valence-corrected chi connectivity index (χ1v) is 9.25. The van der Waals surface area contributed by atoms with Gasteiger partial charge in [-0.3, -0.25) is 4.98 Å². The van der Waals surface area contributed by atoms with Crippen LogP contribution in [-0.4, -0.2) is 26.6 Å². The van der Waals surface area contributed by atoms with Crippen molar-refractivity contribution in [2.45, 2.75) is 13.2 Å². The maximum Gasteiger partial charge on any atom is 0.213 e. The molecule has 4 aromatic rings. The van der Waals surface area contributed by atoms with E-state index in [1.807, 2.05) is 16.7 Å². The molecule has 6 nitrogen and oxygen atoms in total. The zero-order chi connectivity index (χ0) is 19.5. The molecule has 3 aromatic heterocycles. The molecule has 0 aliphatic carbocycles. The standard InChI is InChI=1S/C20H16Cl2N4O2/c1-27-20-5-3-15(9-24-20)28-12-19-25-17-6-7-23-10-18(17)26(19)11-13-8-14(21)2-4-16(13)22/h2-10H,11-12H2,1H3. The normalized spacial score (nSPS) is 11.0. The second-order valence-electron chi connectivity index (χ2n) is 6.04. The van der Waals surface area contributed by atoms with Crippen molar-refractivity contribution in [3.8, 4) is 11.6 Å². The van der Waals surface area contributed by atoms with Crippen molar-refractivity contribution >= 4 is 34.2 Å². The molecule has 0 N–H and O–H groups in total. The third kappa shape index (κ3) is 3.88. The summed E-state index contributed by atoms with van der Waals surface area (Å²) in [6.07, 6.45) is 5.10. The first-order chi connectivity index (χ1) is 13.6. The number of aromatic nitrogens is 4. The fourth-order valence-corrected chi connectivity index (χ4v) is 3.23. The molecule has 1 aromatic carbocycles. The smallest absolute Gasteiger partial charge is 0.213 e.